The van der Waals surface area contributed by atoms with E-state index in [0.717, 1.165) is 56.3 Å². The molecule has 6 heteroatoms. The minimum Gasteiger partial charge on any atom is -0.342 e. The summed E-state index contributed by atoms with van der Waals surface area (Å²) in [7, 11) is 0. The molecule has 172 valence electrons. The molecule has 32 heavy (non-hydrogen) atoms. The van der Waals surface area contributed by atoms with Gasteiger partial charge < -0.3 is 15.5 Å². The average Bonchev–Trinajstić information content (AvgIpc) is 2.80. The van der Waals surface area contributed by atoms with Crippen molar-refractivity contribution >= 4 is 23.5 Å². The number of urea groups is 1. The number of piperidine rings is 1. The highest BCUT2D eigenvalue weighted by molar-refractivity contribution is 6.30. The molecule has 2 aromatic carbocycles. The number of unbranched alkanes of at least 4 members (excludes halogenated alkanes) is 1. The van der Waals surface area contributed by atoms with E-state index in [0.29, 0.717) is 30.5 Å². The van der Waals surface area contributed by atoms with Crippen LogP contribution in [0.15, 0.2) is 48.5 Å². The fourth-order valence-corrected chi connectivity index (χ4v) is 4.29. The summed E-state index contributed by atoms with van der Waals surface area (Å²) in [5.41, 5.74) is 3.33. The summed E-state index contributed by atoms with van der Waals surface area (Å²) in [5.74, 6) is 0.919. The molecule has 2 N–H and O–H groups in total. The number of likely N-dealkylation sites (tertiary alicyclic amines) is 1. The first-order valence-corrected chi connectivity index (χ1v) is 12.0. The SMILES string of the molecule is Cc1ccccc1CC(=O)N1CCC(CCCCNC(=O)NCc2ccc(Cl)cc2)CC1. The zero-order chi connectivity index (χ0) is 22.8. The quantitative estimate of drug-likeness (QED) is 0.517. The lowest BCUT2D eigenvalue weighted by molar-refractivity contribution is -0.131. The molecule has 0 aromatic heterocycles. The van der Waals surface area contributed by atoms with E-state index in [2.05, 4.69) is 23.6 Å². The van der Waals surface area contributed by atoms with Crippen molar-refractivity contribution < 1.29 is 9.59 Å². The minimum absolute atomic E-state index is 0.138. The molecule has 0 radical (unpaired) electrons. The van der Waals surface area contributed by atoms with Crippen molar-refractivity contribution in [2.75, 3.05) is 19.6 Å². The molecular formula is C26H34ClN3O2. The molecule has 0 bridgehead atoms. The predicted molar refractivity (Wildman–Crippen MR) is 130 cm³/mol. The van der Waals surface area contributed by atoms with E-state index in [-0.39, 0.29) is 11.9 Å². The Labute approximate surface area is 196 Å². The predicted octanol–water partition coefficient (Wildman–Crippen LogP) is 5.10. The number of carbonyl (C=O) groups excluding carboxylic acids is 2. The van der Waals surface area contributed by atoms with Gasteiger partial charge in [-0.05, 0) is 60.9 Å². The van der Waals surface area contributed by atoms with Crippen LogP contribution in [0.2, 0.25) is 5.02 Å². The Morgan fingerprint density at radius 3 is 2.44 bits per heavy atom. The van der Waals surface area contributed by atoms with Gasteiger partial charge in [-0.25, -0.2) is 4.79 Å². The summed E-state index contributed by atoms with van der Waals surface area (Å²) >= 11 is 5.87. The molecule has 0 saturated carbocycles. The maximum absolute atomic E-state index is 12.6. The molecule has 0 spiro atoms. The van der Waals surface area contributed by atoms with Crippen molar-refractivity contribution in [3.05, 3.63) is 70.2 Å². The van der Waals surface area contributed by atoms with Crippen molar-refractivity contribution in [1.82, 2.24) is 15.5 Å². The largest absolute Gasteiger partial charge is 0.342 e. The van der Waals surface area contributed by atoms with Crippen LogP contribution in [0.25, 0.3) is 0 Å². The second-order valence-electron chi connectivity index (χ2n) is 8.66. The summed E-state index contributed by atoms with van der Waals surface area (Å²) in [6.07, 6.45) is 5.89. The second kappa shape index (κ2) is 12.5. The second-order valence-corrected chi connectivity index (χ2v) is 9.10. The lowest BCUT2D eigenvalue weighted by atomic mass is 9.91. The Morgan fingerprint density at radius 2 is 1.72 bits per heavy atom. The third kappa shape index (κ3) is 7.86. The number of amides is 3. The first kappa shape index (κ1) is 24.1. The minimum atomic E-state index is -0.138. The number of carbonyl (C=O) groups is 2. The number of halogens is 1. The van der Waals surface area contributed by atoms with Gasteiger partial charge in [0.2, 0.25) is 5.91 Å². The van der Waals surface area contributed by atoms with Crippen molar-refractivity contribution in [2.24, 2.45) is 5.92 Å². The van der Waals surface area contributed by atoms with E-state index in [4.69, 9.17) is 11.6 Å². The van der Waals surface area contributed by atoms with Gasteiger partial charge in [0, 0.05) is 31.2 Å². The van der Waals surface area contributed by atoms with Crippen molar-refractivity contribution in [2.45, 2.75) is 52.0 Å². The van der Waals surface area contributed by atoms with Gasteiger partial charge in [-0.2, -0.15) is 0 Å². The summed E-state index contributed by atoms with van der Waals surface area (Å²) < 4.78 is 0. The maximum Gasteiger partial charge on any atom is 0.315 e. The molecule has 1 heterocycles. The van der Waals surface area contributed by atoms with Crippen LogP contribution in [0.1, 0.15) is 48.8 Å². The first-order valence-electron chi connectivity index (χ1n) is 11.6. The number of hydrogen-bond acceptors (Lipinski definition) is 2. The summed E-state index contributed by atoms with van der Waals surface area (Å²) in [6.45, 7) is 4.96. The molecule has 2 aromatic rings. The van der Waals surface area contributed by atoms with Crippen molar-refractivity contribution in [3.8, 4) is 0 Å². The molecule has 1 saturated heterocycles. The Kier molecular flexibility index (Phi) is 9.42. The third-order valence-electron chi connectivity index (χ3n) is 6.26. The van der Waals surface area contributed by atoms with Gasteiger partial charge in [0.1, 0.15) is 0 Å². The number of benzene rings is 2. The van der Waals surface area contributed by atoms with Crippen LogP contribution in [0.4, 0.5) is 4.79 Å². The monoisotopic (exact) mass is 455 g/mol. The highest BCUT2D eigenvalue weighted by Crippen LogP contribution is 2.23. The topological polar surface area (TPSA) is 61.4 Å². The van der Waals surface area contributed by atoms with Crippen LogP contribution in [0.3, 0.4) is 0 Å². The molecule has 0 atom stereocenters. The molecule has 1 aliphatic heterocycles. The van der Waals surface area contributed by atoms with Crippen LogP contribution in [-0.4, -0.2) is 36.5 Å². The van der Waals surface area contributed by atoms with Crippen molar-refractivity contribution in [3.63, 3.8) is 0 Å². The highest BCUT2D eigenvalue weighted by Gasteiger charge is 2.22. The van der Waals surface area contributed by atoms with Gasteiger partial charge in [-0.15, -0.1) is 0 Å². The smallest absolute Gasteiger partial charge is 0.315 e. The Hall–Kier alpha value is -2.53. The maximum atomic E-state index is 12.6. The number of rotatable bonds is 9. The van der Waals surface area contributed by atoms with Crippen LogP contribution >= 0.6 is 11.6 Å². The number of aryl methyl sites for hydroxylation is 1. The molecule has 3 rings (SSSR count). The van der Waals surface area contributed by atoms with E-state index >= 15 is 0 Å². The third-order valence-corrected chi connectivity index (χ3v) is 6.51. The molecule has 0 aliphatic carbocycles. The van der Waals surface area contributed by atoms with E-state index in [1.165, 1.54) is 5.56 Å². The molecule has 1 aliphatic rings. The molecule has 5 nitrogen and oxygen atoms in total. The van der Waals surface area contributed by atoms with Crippen LogP contribution in [0.5, 0.6) is 0 Å². The van der Waals surface area contributed by atoms with Gasteiger partial charge in [0.05, 0.1) is 6.42 Å². The lowest BCUT2D eigenvalue weighted by Gasteiger charge is -2.32. The van der Waals surface area contributed by atoms with Crippen molar-refractivity contribution in [1.29, 1.82) is 0 Å². The molecular weight excluding hydrogens is 422 g/mol. The summed E-state index contributed by atoms with van der Waals surface area (Å²) in [6, 6.07) is 15.4. The Balaban J connectivity index is 1.24. The molecule has 0 unspecified atom stereocenters. The number of hydrogen-bond donors (Lipinski definition) is 2. The number of nitrogens with zero attached hydrogens (tertiary/aromatic N) is 1. The van der Waals surface area contributed by atoms with Gasteiger partial charge >= 0.3 is 6.03 Å². The lowest BCUT2D eigenvalue weighted by Crippen LogP contribution is -2.39. The van der Waals surface area contributed by atoms with E-state index in [1.807, 2.05) is 47.4 Å². The highest BCUT2D eigenvalue weighted by atomic mass is 35.5. The summed E-state index contributed by atoms with van der Waals surface area (Å²) in [5, 5.41) is 6.48. The zero-order valence-electron chi connectivity index (χ0n) is 18.9. The van der Waals surface area contributed by atoms with E-state index < -0.39 is 0 Å². The standard InChI is InChI=1S/C26H34ClN3O2/c1-20-6-2-3-8-23(20)18-25(31)30-16-13-21(14-17-30)7-4-5-15-28-26(32)29-19-22-9-11-24(27)12-10-22/h2-3,6,8-12,21H,4-5,7,13-19H2,1H3,(H2,28,29,32). The first-order chi connectivity index (χ1) is 15.5. The number of nitrogens with one attached hydrogen (secondary N) is 2. The summed E-state index contributed by atoms with van der Waals surface area (Å²) in [4.78, 5) is 26.6. The van der Waals surface area contributed by atoms with Gasteiger partial charge in [-0.3, -0.25) is 4.79 Å². The van der Waals surface area contributed by atoms with Crippen LogP contribution < -0.4 is 10.6 Å². The van der Waals surface area contributed by atoms with Gasteiger partial charge in [0.25, 0.3) is 0 Å². The van der Waals surface area contributed by atoms with E-state index in [1.54, 1.807) is 0 Å². The fraction of sp³-hybridized carbons (Fsp3) is 0.462. The Morgan fingerprint density at radius 1 is 1.00 bits per heavy atom. The van der Waals surface area contributed by atoms with Gasteiger partial charge in [0.15, 0.2) is 0 Å². The normalized spacial score (nSPS) is 14.2. The molecule has 1 fully saturated rings. The van der Waals surface area contributed by atoms with Crippen LogP contribution in [0, 0.1) is 12.8 Å². The zero-order valence-corrected chi connectivity index (χ0v) is 19.7. The van der Waals surface area contributed by atoms with Gasteiger partial charge in [-0.1, -0.05) is 60.8 Å². The fourth-order valence-electron chi connectivity index (χ4n) is 4.16. The molecule has 3 amide bonds. The average molecular weight is 456 g/mol. The Bertz CT molecular complexity index is 877. The van der Waals surface area contributed by atoms with E-state index in [9.17, 15) is 9.59 Å². The van der Waals surface area contributed by atoms with Crippen LogP contribution in [-0.2, 0) is 17.8 Å².